The molecule has 9 heteroatoms. The highest BCUT2D eigenvalue weighted by Crippen LogP contribution is 2.30. The zero-order chi connectivity index (χ0) is 21.1. The predicted octanol–water partition coefficient (Wildman–Crippen LogP) is 3.20. The maximum absolute atomic E-state index is 12.9. The summed E-state index contributed by atoms with van der Waals surface area (Å²) in [4.78, 5) is 16.1. The molecule has 2 rings (SSSR count). The van der Waals surface area contributed by atoms with Crippen LogP contribution in [0, 0.1) is 5.82 Å². The number of hydrogen-bond donors (Lipinski definition) is 3. The van der Waals surface area contributed by atoms with Crippen LogP contribution in [0.25, 0.3) is 0 Å². The highest BCUT2D eigenvalue weighted by molar-refractivity contribution is 14.0. The van der Waals surface area contributed by atoms with E-state index in [4.69, 9.17) is 9.47 Å². The molecule has 2 aromatic carbocycles. The molecule has 7 nitrogen and oxygen atoms in total. The Hall–Kier alpha value is -2.56. The fourth-order valence-electron chi connectivity index (χ4n) is 2.57. The first-order chi connectivity index (χ1) is 14.0. The molecule has 2 aromatic rings. The summed E-state index contributed by atoms with van der Waals surface area (Å²) in [6, 6.07) is 11.4. The number of ether oxygens (including phenoxy) is 2. The number of methoxy groups -OCH3 is 1. The Morgan fingerprint density at radius 3 is 2.40 bits per heavy atom. The van der Waals surface area contributed by atoms with Gasteiger partial charge >= 0.3 is 0 Å². The zero-order valence-corrected chi connectivity index (χ0v) is 19.7. The second-order valence-corrected chi connectivity index (χ2v) is 6.08. The summed E-state index contributed by atoms with van der Waals surface area (Å²) in [6.07, 6.45) is 0.208. The van der Waals surface area contributed by atoms with E-state index in [9.17, 15) is 9.18 Å². The average Bonchev–Trinajstić information content (AvgIpc) is 2.73. The molecule has 0 fully saturated rings. The first-order valence-electron chi connectivity index (χ1n) is 9.35. The number of hydrogen-bond acceptors (Lipinski definition) is 4. The lowest BCUT2D eigenvalue weighted by Gasteiger charge is -2.15. The minimum atomic E-state index is -0.317. The second kappa shape index (κ2) is 13.6. The molecular formula is C21H28FIN4O3. The topological polar surface area (TPSA) is 84.0 Å². The van der Waals surface area contributed by atoms with Gasteiger partial charge in [0.1, 0.15) is 5.82 Å². The van der Waals surface area contributed by atoms with Gasteiger partial charge in [-0.15, -0.1) is 24.0 Å². The first kappa shape index (κ1) is 25.5. The van der Waals surface area contributed by atoms with Gasteiger partial charge in [-0.1, -0.05) is 12.1 Å². The highest BCUT2D eigenvalue weighted by Gasteiger charge is 2.07. The molecule has 0 unspecified atom stereocenters. The van der Waals surface area contributed by atoms with E-state index in [1.54, 1.807) is 26.3 Å². The molecule has 0 aliphatic rings. The summed E-state index contributed by atoms with van der Waals surface area (Å²) in [5.41, 5.74) is 1.55. The zero-order valence-electron chi connectivity index (χ0n) is 17.3. The van der Waals surface area contributed by atoms with E-state index in [0.29, 0.717) is 37.2 Å². The molecule has 0 atom stereocenters. The molecule has 30 heavy (non-hydrogen) atoms. The van der Waals surface area contributed by atoms with Crippen molar-refractivity contribution in [1.82, 2.24) is 10.6 Å². The van der Waals surface area contributed by atoms with E-state index in [0.717, 1.165) is 11.3 Å². The molecule has 0 spiro atoms. The second-order valence-electron chi connectivity index (χ2n) is 6.08. The molecule has 0 radical (unpaired) electrons. The van der Waals surface area contributed by atoms with Crippen LogP contribution in [-0.2, 0) is 11.2 Å². The van der Waals surface area contributed by atoms with E-state index in [2.05, 4.69) is 20.9 Å². The molecule has 0 aliphatic carbocycles. The van der Waals surface area contributed by atoms with Crippen LogP contribution in [-0.4, -0.2) is 45.7 Å². The molecule has 1 amide bonds. The summed E-state index contributed by atoms with van der Waals surface area (Å²) in [5.74, 6) is 1.41. The molecule has 3 N–H and O–H groups in total. The van der Waals surface area contributed by atoms with Crippen LogP contribution in [0.2, 0.25) is 0 Å². The molecule has 0 aliphatic heterocycles. The lowest BCUT2D eigenvalue weighted by Crippen LogP contribution is -2.38. The number of rotatable bonds is 9. The SMILES string of the molecule is CCOc1ccc(NC(=NC)NCCNC(=O)Cc2ccc(F)cc2)cc1OC.I. The Labute approximate surface area is 193 Å². The van der Waals surface area contributed by atoms with Gasteiger partial charge in [0.25, 0.3) is 0 Å². The van der Waals surface area contributed by atoms with Gasteiger partial charge in [0.2, 0.25) is 5.91 Å². The van der Waals surface area contributed by atoms with Crippen LogP contribution in [0.1, 0.15) is 12.5 Å². The highest BCUT2D eigenvalue weighted by atomic mass is 127. The van der Waals surface area contributed by atoms with Crippen molar-refractivity contribution in [2.75, 3.05) is 39.2 Å². The fourth-order valence-corrected chi connectivity index (χ4v) is 2.57. The monoisotopic (exact) mass is 530 g/mol. The third-order valence-corrected chi connectivity index (χ3v) is 3.97. The summed E-state index contributed by atoms with van der Waals surface area (Å²) < 4.78 is 23.7. The number of carbonyl (C=O) groups is 1. The number of amides is 1. The number of halogens is 2. The number of anilines is 1. The maximum atomic E-state index is 12.9. The van der Waals surface area contributed by atoms with Crippen LogP contribution in [0.4, 0.5) is 10.1 Å². The number of nitrogens with zero attached hydrogens (tertiary/aromatic N) is 1. The smallest absolute Gasteiger partial charge is 0.224 e. The van der Waals surface area contributed by atoms with Gasteiger partial charge in [0.05, 0.1) is 20.1 Å². The summed E-state index contributed by atoms with van der Waals surface area (Å²) in [5, 5.41) is 9.10. The standard InChI is InChI=1S/C21H27FN4O3.HI/c1-4-29-18-10-9-17(14-19(18)28-3)26-21(23-2)25-12-11-24-20(27)13-15-5-7-16(22)8-6-15;/h5-10,14H,4,11-13H2,1-3H3,(H,24,27)(H2,23,25,26);1H. The van der Waals surface area contributed by atoms with E-state index in [1.807, 2.05) is 25.1 Å². The Morgan fingerprint density at radius 2 is 1.77 bits per heavy atom. The minimum Gasteiger partial charge on any atom is -0.493 e. The van der Waals surface area contributed by atoms with Crippen molar-refractivity contribution in [1.29, 1.82) is 0 Å². The number of guanidine groups is 1. The van der Waals surface area contributed by atoms with E-state index < -0.39 is 0 Å². The normalized spacial score (nSPS) is 10.6. The number of benzene rings is 2. The van der Waals surface area contributed by atoms with Crippen molar-refractivity contribution in [3.8, 4) is 11.5 Å². The van der Waals surface area contributed by atoms with Crippen molar-refractivity contribution in [2.45, 2.75) is 13.3 Å². The first-order valence-corrected chi connectivity index (χ1v) is 9.35. The van der Waals surface area contributed by atoms with Gasteiger partial charge in [0.15, 0.2) is 17.5 Å². The minimum absolute atomic E-state index is 0. The van der Waals surface area contributed by atoms with Crippen molar-refractivity contribution >= 4 is 41.5 Å². The van der Waals surface area contributed by atoms with Crippen LogP contribution >= 0.6 is 24.0 Å². The molecule has 164 valence electrons. The molecule has 0 saturated heterocycles. The number of nitrogens with one attached hydrogen (secondary N) is 3. The quantitative estimate of drug-likeness (QED) is 0.201. The van der Waals surface area contributed by atoms with Gasteiger partial charge < -0.3 is 25.4 Å². The summed E-state index contributed by atoms with van der Waals surface area (Å²) in [7, 11) is 3.25. The lowest BCUT2D eigenvalue weighted by molar-refractivity contribution is -0.120. The van der Waals surface area contributed by atoms with Crippen LogP contribution in [0.15, 0.2) is 47.5 Å². The van der Waals surface area contributed by atoms with E-state index >= 15 is 0 Å². The summed E-state index contributed by atoms with van der Waals surface area (Å²) >= 11 is 0. The van der Waals surface area contributed by atoms with Crippen molar-refractivity contribution < 1.29 is 18.7 Å². The Morgan fingerprint density at radius 1 is 1.07 bits per heavy atom. The molecular weight excluding hydrogens is 502 g/mol. The van der Waals surface area contributed by atoms with Gasteiger partial charge in [-0.05, 0) is 36.8 Å². The third kappa shape index (κ3) is 8.44. The maximum Gasteiger partial charge on any atom is 0.224 e. The lowest BCUT2D eigenvalue weighted by atomic mass is 10.1. The third-order valence-electron chi connectivity index (χ3n) is 3.97. The predicted molar refractivity (Wildman–Crippen MR) is 128 cm³/mol. The van der Waals surface area contributed by atoms with Gasteiger partial charge in [-0.2, -0.15) is 0 Å². The van der Waals surface area contributed by atoms with Crippen molar-refractivity contribution in [2.24, 2.45) is 4.99 Å². The number of carbonyl (C=O) groups excluding carboxylic acids is 1. The van der Waals surface area contributed by atoms with Crippen LogP contribution < -0.4 is 25.4 Å². The molecule has 0 bridgehead atoms. The van der Waals surface area contributed by atoms with Crippen molar-refractivity contribution in [3.05, 3.63) is 53.8 Å². The van der Waals surface area contributed by atoms with E-state index in [-0.39, 0.29) is 42.1 Å². The van der Waals surface area contributed by atoms with Gasteiger partial charge in [-0.3, -0.25) is 9.79 Å². The Kier molecular flexibility index (Phi) is 11.6. The van der Waals surface area contributed by atoms with Crippen molar-refractivity contribution in [3.63, 3.8) is 0 Å². The van der Waals surface area contributed by atoms with E-state index in [1.165, 1.54) is 12.1 Å². The van der Waals surface area contributed by atoms with Crippen LogP contribution in [0.3, 0.4) is 0 Å². The average molecular weight is 530 g/mol. The molecule has 0 aromatic heterocycles. The van der Waals surface area contributed by atoms with Gasteiger partial charge in [0, 0.05) is 31.9 Å². The van der Waals surface area contributed by atoms with Crippen LogP contribution in [0.5, 0.6) is 11.5 Å². The summed E-state index contributed by atoms with van der Waals surface area (Å²) in [6.45, 7) is 3.38. The largest absolute Gasteiger partial charge is 0.493 e. The Balaban J connectivity index is 0.00000450. The number of aliphatic imine (C=N–C) groups is 1. The molecule has 0 heterocycles. The fraction of sp³-hybridized carbons (Fsp3) is 0.333. The van der Waals surface area contributed by atoms with Gasteiger partial charge in [-0.25, -0.2) is 4.39 Å². The Bertz CT molecular complexity index is 832. The molecule has 0 saturated carbocycles.